The molecule has 0 saturated heterocycles. The van der Waals surface area contributed by atoms with Crippen LogP contribution in [0.4, 0.5) is 0 Å². The standard InChI is InChI=1S/C14H10O6S.2C4H12N/c15-13(16)9-5-1-3-7-11(9)21(19,20)12-8-4-2-6-10(12)14(17)18;2*1-5(2,3)4/h1-8H,(H,15,16)(H,17,18);2*1-4H3/q;2*+1/p-2. The van der Waals surface area contributed by atoms with Crippen LogP contribution in [-0.4, -0.2) is 85.7 Å². The van der Waals surface area contributed by atoms with Crippen molar-refractivity contribution in [2.24, 2.45) is 0 Å². The fourth-order valence-corrected chi connectivity index (χ4v) is 3.49. The van der Waals surface area contributed by atoms with Gasteiger partial charge in [0.05, 0.1) is 78.1 Å². The molecule has 0 radical (unpaired) electrons. The van der Waals surface area contributed by atoms with Gasteiger partial charge in [-0.2, -0.15) is 0 Å². The van der Waals surface area contributed by atoms with Crippen LogP contribution in [0.25, 0.3) is 0 Å². The third-order valence-electron chi connectivity index (χ3n) is 2.79. The minimum atomic E-state index is -4.33. The van der Waals surface area contributed by atoms with Crippen LogP contribution in [0.1, 0.15) is 20.7 Å². The number of quaternary nitrogens is 2. The smallest absolute Gasteiger partial charge is 0.207 e. The van der Waals surface area contributed by atoms with E-state index in [1.807, 2.05) is 0 Å². The SMILES string of the molecule is C[N+](C)(C)C.C[N+](C)(C)C.O=C([O-])c1ccccc1S(=O)(=O)c1ccccc1C(=O)[O-]. The summed E-state index contributed by atoms with van der Waals surface area (Å²) in [4.78, 5) is 21.0. The van der Waals surface area contributed by atoms with Crippen molar-refractivity contribution in [3.8, 4) is 0 Å². The van der Waals surface area contributed by atoms with Gasteiger partial charge in [0.2, 0.25) is 9.84 Å². The van der Waals surface area contributed by atoms with Crippen LogP contribution in [0.3, 0.4) is 0 Å². The van der Waals surface area contributed by atoms with E-state index in [2.05, 4.69) is 56.4 Å². The molecule has 0 aliphatic carbocycles. The first kappa shape index (κ1) is 28.2. The van der Waals surface area contributed by atoms with Gasteiger partial charge in [-0.1, -0.05) is 36.4 Å². The number of hydrogen-bond donors (Lipinski definition) is 0. The second kappa shape index (κ2) is 11.0. The van der Waals surface area contributed by atoms with Crippen molar-refractivity contribution in [1.29, 1.82) is 0 Å². The average Bonchev–Trinajstić information content (AvgIpc) is 2.58. The predicted octanol–water partition coefficient (Wildman–Crippen LogP) is -0.109. The number of carbonyl (C=O) groups excluding carboxylic acids is 2. The normalized spacial score (nSPS) is 11.4. The maximum Gasteiger partial charge on any atom is 0.207 e. The number of sulfone groups is 1. The molecule has 0 unspecified atom stereocenters. The number of rotatable bonds is 4. The zero-order valence-corrected chi connectivity index (χ0v) is 20.2. The van der Waals surface area contributed by atoms with Gasteiger partial charge in [0.1, 0.15) is 0 Å². The fraction of sp³-hybridized carbons (Fsp3) is 0.364. The first-order valence-electron chi connectivity index (χ1n) is 9.29. The molecule has 31 heavy (non-hydrogen) atoms. The summed E-state index contributed by atoms with van der Waals surface area (Å²) in [6, 6.07) is 9.65. The van der Waals surface area contributed by atoms with Gasteiger partial charge >= 0.3 is 0 Å². The van der Waals surface area contributed by atoms with Gasteiger partial charge in [0, 0.05) is 11.1 Å². The molecule has 0 aromatic heterocycles. The first-order valence-corrected chi connectivity index (χ1v) is 10.8. The van der Waals surface area contributed by atoms with Crippen LogP contribution in [0.5, 0.6) is 0 Å². The third-order valence-corrected chi connectivity index (χ3v) is 4.66. The number of nitrogens with zero attached hydrogens (tertiary/aromatic N) is 2. The van der Waals surface area contributed by atoms with E-state index in [-0.39, 0.29) is 0 Å². The molecule has 2 aromatic carbocycles. The lowest BCUT2D eigenvalue weighted by Crippen LogP contribution is -2.27. The third kappa shape index (κ3) is 11.3. The highest BCUT2D eigenvalue weighted by Gasteiger charge is 2.24. The highest BCUT2D eigenvalue weighted by molar-refractivity contribution is 7.91. The molecule has 0 fully saturated rings. The number of carboxylic acid groups (broad SMARTS) is 2. The second-order valence-corrected chi connectivity index (χ2v) is 11.3. The Morgan fingerprint density at radius 3 is 1.06 bits per heavy atom. The molecule has 0 spiro atoms. The summed E-state index contributed by atoms with van der Waals surface area (Å²) >= 11 is 0. The van der Waals surface area contributed by atoms with Gasteiger partial charge in [-0.15, -0.1) is 0 Å². The van der Waals surface area contributed by atoms with Crippen molar-refractivity contribution in [1.82, 2.24) is 0 Å². The molecule has 172 valence electrons. The number of carbonyl (C=O) groups is 2. The fourth-order valence-electron chi connectivity index (χ4n) is 1.86. The lowest BCUT2D eigenvalue weighted by molar-refractivity contribution is -0.849. The summed E-state index contributed by atoms with van der Waals surface area (Å²) in [7, 11) is 12.7. The lowest BCUT2D eigenvalue weighted by atomic mass is 10.2. The van der Waals surface area contributed by atoms with Gasteiger partial charge < -0.3 is 28.8 Å². The zero-order chi connectivity index (χ0) is 24.6. The summed E-state index contributed by atoms with van der Waals surface area (Å²) in [6.07, 6.45) is 0. The Balaban J connectivity index is 0.000000752. The molecular formula is C22H32N2O6S. The monoisotopic (exact) mass is 452 g/mol. The largest absolute Gasteiger partial charge is 0.545 e. The molecule has 0 N–H and O–H groups in total. The van der Waals surface area contributed by atoms with Crippen molar-refractivity contribution in [2.75, 3.05) is 56.4 Å². The van der Waals surface area contributed by atoms with Gasteiger partial charge in [-0.05, 0) is 12.1 Å². The molecular weight excluding hydrogens is 420 g/mol. The Morgan fingerprint density at radius 1 is 0.613 bits per heavy atom. The van der Waals surface area contributed by atoms with Crippen molar-refractivity contribution in [3.05, 3.63) is 59.7 Å². The van der Waals surface area contributed by atoms with E-state index in [0.717, 1.165) is 33.2 Å². The number of benzene rings is 2. The van der Waals surface area contributed by atoms with Crippen molar-refractivity contribution < 1.29 is 37.2 Å². The van der Waals surface area contributed by atoms with Crippen molar-refractivity contribution in [2.45, 2.75) is 9.79 Å². The molecule has 2 aromatic rings. The Labute approximate surface area is 185 Å². The molecule has 9 heteroatoms. The molecule has 0 aliphatic rings. The van der Waals surface area contributed by atoms with E-state index in [1.165, 1.54) is 24.3 Å². The van der Waals surface area contributed by atoms with Crippen molar-refractivity contribution >= 4 is 21.8 Å². The van der Waals surface area contributed by atoms with Gasteiger partial charge in [-0.3, -0.25) is 0 Å². The van der Waals surface area contributed by atoms with E-state index in [9.17, 15) is 28.2 Å². The number of hydrogen-bond acceptors (Lipinski definition) is 6. The summed E-state index contributed by atoms with van der Waals surface area (Å²) in [6.45, 7) is 0. The molecule has 0 atom stereocenters. The van der Waals surface area contributed by atoms with Crippen LogP contribution in [0.15, 0.2) is 58.3 Å². The summed E-state index contributed by atoms with van der Waals surface area (Å²) < 4.78 is 27.0. The molecule has 0 aliphatic heterocycles. The van der Waals surface area contributed by atoms with E-state index < -0.39 is 42.7 Å². The van der Waals surface area contributed by atoms with Crippen LogP contribution in [0, 0.1) is 0 Å². The Bertz CT molecular complexity index is 916. The molecule has 0 saturated carbocycles. The quantitative estimate of drug-likeness (QED) is 0.598. The second-order valence-electron chi connectivity index (χ2n) is 9.44. The lowest BCUT2D eigenvalue weighted by Gasteiger charge is -2.14. The maximum atomic E-state index is 12.5. The summed E-state index contributed by atoms with van der Waals surface area (Å²) in [5.74, 6) is -3.33. The van der Waals surface area contributed by atoms with Crippen LogP contribution < -0.4 is 10.2 Å². The van der Waals surface area contributed by atoms with E-state index in [4.69, 9.17) is 0 Å². The van der Waals surface area contributed by atoms with Gasteiger partial charge in [0.25, 0.3) is 0 Å². The summed E-state index contributed by atoms with van der Waals surface area (Å²) in [5.41, 5.74) is -1.07. The van der Waals surface area contributed by atoms with Crippen LogP contribution in [-0.2, 0) is 9.84 Å². The van der Waals surface area contributed by atoms with Crippen LogP contribution >= 0.6 is 0 Å². The Hall–Kier alpha value is -2.75. The predicted molar refractivity (Wildman–Crippen MR) is 115 cm³/mol. The van der Waals surface area contributed by atoms with Gasteiger partial charge in [0.15, 0.2) is 0 Å². The Kier molecular flexibility index (Phi) is 10.1. The van der Waals surface area contributed by atoms with E-state index >= 15 is 0 Å². The van der Waals surface area contributed by atoms with Crippen LogP contribution in [0.2, 0.25) is 0 Å². The Morgan fingerprint density at radius 2 is 0.839 bits per heavy atom. The highest BCUT2D eigenvalue weighted by Crippen LogP contribution is 2.26. The minimum absolute atomic E-state index is 0.529. The first-order chi connectivity index (χ1) is 13.9. The molecule has 8 nitrogen and oxygen atoms in total. The molecule has 0 bridgehead atoms. The van der Waals surface area contributed by atoms with E-state index in [1.54, 1.807) is 0 Å². The molecule has 0 amide bonds. The molecule has 2 rings (SSSR count). The number of carboxylic acids is 2. The minimum Gasteiger partial charge on any atom is -0.545 e. The van der Waals surface area contributed by atoms with Crippen molar-refractivity contribution in [3.63, 3.8) is 0 Å². The zero-order valence-electron chi connectivity index (χ0n) is 19.4. The maximum absolute atomic E-state index is 12.5. The van der Waals surface area contributed by atoms with E-state index in [0.29, 0.717) is 0 Å². The highest BCUT2D eigenvalue weighted by atomic mass is 32.2. The summed E-state index contributed by atoms with van der Waals surface area (Å²) in [5, 5.41) is 22.0. The number of aromatic carboxylic acids is 2. The molecule has 0 heterocycles. The topological polar surface area (TPSA) is 114 Å². The van der Waals surface area contributed by atoms with Gasteiger partial charge in [-0.25, -0.2) is 8.42 Å². The average molecular weight is 453 g/mol.